The van der Waals surface area contributed by atoms with Gasteiger partial charge in [0.1, 0.15) is 5.75 Å². The van der Waals surface area contributed by atoms with E-state index in [1.165, 1.54) is 0 Å². The van der Waals surface area contributed by atoms with Crippen molar-refractivity contribution in [2.75, 3.05) is 7.11 Å². The van der Waals surface area contributed by atoms with E-state index in [0.717, 1.165) is 16.8 Å². The molecule has 1 rings (SSSR count). The molecule has 0 aliphatic carbocycles. The van der Waals surface area contributed by atoms with Crippen LogP contribution in [0.25, 0.3) is 0 Å². The molecule has 0 saturated carbocycles. The van der Waals surface area contributed by atoms with Gasteiger partial charge in [0.15, 0.2) is 0 Å². The molecule has 2 nitrogen and oxygen atoms in total. The van der Waals surface area contributed by atoms with E-state index in [0.29, 0.717) is 0 Å². The Balaban J connectivity index is 0.000001000. The number of aromatic nitrogens is 1. The Morgan fingerprint density at radius 3 is 2.82 bits per heavy atom. The molecule has 0 aliphatic rings. The van der Waals surface area contributed by atoms with Gasteiger partial charge < -0.3 is 4.74 Å². The second-order valence-electron chi connectivity index (χ2n) is 1.79. The lowest BCUT2D eigenvalue weighted by atomic mass is 10.3. The van der Waals surface area contributed by atoms with Crippen LogP contribution in [0.4, 0.5) is 0 Å². The van der Waals surface area contributed by atoms with Gasteiger partial charge in [0, 0.05) is 11.5 Å². The van der Waals surface area contributed by atoms with Gasteiger partial charge in [-0.05, 0) is 12.1 Å². The Kier molecular flexibility index (Phi) is 5.50. The number of rotatable bonds is 2. The summed E-state index contributed by atoms with van der Waals surface area (Å²) in [7, 11) is 1.64. The summed E-state index contributed by atoms with van der Waals surface area (Å²) >= 11 is 3.31. The zero-order valence-electron chi connectivity index (χ0n) is 6.08. The zero-order valence-corrected chi connectivity index (χ0v) is 9.38. The zero-order chi connectivity index (χ0) is 7.40. The Morgan fingerprint density at radius 2 is 2.36 bits per heavy atom. The molecule has 0 unspecified atom stereocenters. The standard InChI is InChI=1S/C7H8BrNO.BrH/c1-10-7-3-2-4-9-6(7)5-8;/h2-4H,5H2,1H3;1H. The van der Waals surface area contributed by atoms with Crippen LogP contribution in [0.1, 0.15) is 5.69 Å². The molecule has 0 aliphatic heterocycles. The van der Waals surface area contributed by atoms with Crippen molar-refractivity contribution in [2.24, 2.45) is 0 Å². The minimum Gasteiger partial charge on any atom is -0.495 e. The molecule has 4 heteroatoms. The second-order valence-corrected chi connectivity index (χ2v) is 2.35. The van der Waals surface area contributed by atoms with Crippen molar-refractivity contribution in [2.45, 2.75) is 5.33 Å². The molecular weight excluding hydrogens is 274 g/mol. The lowest BCUT2D eigenvalue weighted by Crippen LogP contribution is -1.90. The van der Waals surface area contributed by atoms with Gasteiger partial charge in [-0.3, -0.25) is 4.98 Å². The van der Waals surface area contributed by atoms with Gasteiger partial charge in [-0.2, -0.15) is 0 Å². The van der Waals surface area contributed by atoms with Crippen molar-refractivity contribution in [3.05, 3.63) is 24.0 Å². The Hall–Kier alpha value is -0.0900. The normalized spacial score (nSPS) is 8.55. The van der Waals surface area contributed by atoms with Crippen LogP contribution in [0.5, 0.6) is 5.75 Å². The summed E-state index contributed by atoms with van der Waals surface area (Å²) < 4.78 is 5.04. The lowest BCUT2D eigenvalue weighted by molar-refractivity contribution is 0.409. The van der Waals surface area contributed by atoms with E-state index in [2.05, 4.69) is 20.9 Å². The van der Waals surface area contributed by atoms with Crippen molar-refractivity contribution in [1.82, 2.24) is 4.98 Å². The van der Waals surface area contributed by atoms with E-state index in [1.807, 2.05) is 12.1 Å². The summed E-state index contributed by atoms with van der Waals surface area (Å²) in [6, 6.07) is 3.74. The third-order valence-electron chi connectivity index (χ3n) is 1.19. The Morgan fingerprint density at radius 1 is 1.64 bits per heavy atom. The van der Waals surface area contributed by atoms with E-state index in [9.17, 15) is 0 Å². The topological polar surface area (TPSA) is 22.1 Å². The average Bonchev–Trinajstić information content (AvgIpc) is 2.04. The largest absolute Gasteiger partial charge is 0.495 e. The molecule has 0 amide bonds. The number of hydrogen-bond acceptors (Lipinski definition) is 2. The second kappa shape index (κ2) is 5.55. The van der Waals surface area contributed by atoms with Crippen LogP contribution in [0.2, 0.25) is 0 Å². The number of halogens is 2. The third kappa shape index (κ3) is 2.79. The van der Waals surface area contributed by atoms with Crippen LogP contribution in [-0.2, 0) is 5.33 Å². The molecular formula is C7H9Br2NO. The van der Waals surface area contributed by atoms with E-state index >= 15 is 0 Å². The number of pyridine rings is 1. The molecule has 0 radical (unpaired) electrons. The van der Waals surface area contributed by atoms with E-state index in [-0.39, 0.29) is 17.0 Å². The first-order valence-corrected chi connectivity index (χ1v) is 4.04. The lowest BCUT2D eigenvalue weighted by Gasteiger charge is -2.01. The highest BCUT2D eigenvalue weighted by atomic mass is 79.9. The number of hydrogen-bond donors (Lipinski definition) is 0. The molecule has 0 aromatic carbocycles. The maximum atomic E-state index is 5.04. The van der Waals surface area contributed by atoms with Crippen molar-refractivity contribution in [3.63, 3.8) is 0 Å². The summed E-state index contributed by atoms with van der Waals surface area (Å²) in [5, 5.41) is 0.733. The summed E-state index contributed by atoms with van der Waals surface area (Å²) in [4.78, 5) is 4.10. The summed E-state index contributed by atoms with van der Waals surface area (Å²) in [6.45, 7) is 0. The first-order valence-electron chi connectivity index (χ1n) is 2.92. The van der Waals surface area contributed by atoms with Gasteiger partial charge in [-0.1, -0.05) is 15.9 Å². The van der Waals surface area contributed by atoms with Gasteiger partial charge in [0.2, 0.25) is 0 Å². The molecule has 0 atom stereocenters. The molecule has 1 aromatic rings. The number of alkyl halides is 1. The molecule has 0 saturated heterocycles. The number of methoxy groups -OCH3 is 1. The van der Waals surface area contributed by atoms with Gasteiger partial charge in [-0.15, -0.1) is 17.0 Å². The molecule has 0 bridgehead atoms. The molecule has 1 heterocycles. The van der Waals surface area contributed by atoms with Crippen LogP contribution in [0, 0.1) is 0 Å². The monoisotopic (exact) mass is 281 g/mol. The van der Waals surface area contributed by atoms with Crippen molar-refractivity contribution in [1.29, 1.82) is 0 Å². The molecule has 0 fully saturated rings. The predicted octanol–water partition coefficient (Wildman–Crippen LogP) is 2.56. The highest BCUT2D eigenvalue weighted by Gasteiger charge is 1.98. The molecule has 62 valence electrons. The highest BCUT2D eigenvalue weighted by Crippen LogP contribution is 2.16. The molecule has 0 N–H and O–H groups in total. The summed E-state index contributed by atoms with van der Waals surface area (Å²) in [6.07, 6.45) is 1.75. The highest BCUT2D eigenvalue weighted by molar-refractivity contribution is 9.08. The maximum Gasteiger partial charge on any atom is 0.141 e. The first kappa shape index (κ1) is 10.9. The maximum absolute atomic E-state index is 5.04. The Bertz CT molecular complexity index is 194. The fourth-order valence-electron chi connectivity index (χ4n) is 0.709. The smallest absolute Gasteiger partial charge is 0.141 e. The van der Waals surface area contributed by atoms with Crippen LogP contribution < -0.4 is 4.74 Å². The van der Waals surface area contributed by atoms with E-state index < -0.39 is 0 Å². The van der Waals surface area contributed by atoms with Crippen molar-refractivity contribution >= 4 is 32.9 Å². The fraction of sp³-hybridized carbons (Fsp3) is 0.286. The van der Waals surface area contributed by atoms with Crippen LogP contribution in [-0.4, -0.2) is 12.1 Å². The van der Waals surface area contributed by atoms with Gasteiger partial charge >= 0.3 is 0 Å². The third-order valence-corrected chi connectivity index (χ3v) is 1.73. The Labute approximate surface area is 84.9 Å². The predicted molar refractivity (Wildman–Crippen MR) is 53.7 cm³/mol. The van der Waals surface area contributed by atoms with E-state index in [1.54, 1.807) is 13.3 Å². The SMILES string of the molecule is Br.COc1cccnc1CBr. The van der Waals surface area contributed by atoms with E-state index in [4.69, 9.17) is 4.74 Å². The summed E-state index contributed by atoms with van der Waals surface area (Å²) in [5.74, 6) is 0.833. The van der Waals surface area contributed by atoms with Gasteiger partial charge in [-0.25, -0.2) is 0 Å². The fourth-order valence-corrected chi connectivity index (χ4v) is 1.13. The molecule has 11 heavy (non-hydrogen) atoms. The molecule has 0 spiro atoms. The minimum atomic E-state index is 0. The van der Waals surface area contributed by atoms with Crippen LogP contribution >= 0.6 is 32.9 Å². The first-order chi connectivity index (χ1) is 4.88. The number of ether oxygens (including phenoxy) is 1. The van der Waals surface area contributed by atoms with Crippen molar-refractivity contribution in [3.8, 4) is 5.75 Å². The van der Waals surface area contributed by atoms with Crippen LogP contribution in [0.3, 0.4) is 0 Å². The van der Waals surface area contributed by atoms with Gasteiger partial charge in [0.05, 0.1) is 12.8 Å². The quantitative estimate of drug-likeness (QED) is 0.778. The number of nitrogens with zero attached hydrogens (tertiary/aromatic N) is 1. The van der Waals surface area contributed by atoms with Crippen LogP contribution in [0.15, 0.2) is 18.3 Å². The van der Waals surface area contributed by atoms with Crippen molar-refractivity contribution < 1.29 is 4.74 Å². The molecule has 1 aromatic heterocycles. The minimum absolute atomic E-state index is 0. The summed E-state index contributed by atoms with van der Waals surface area (Å²) in [5.41, 5.74) is 0.935. The average molecular weight is 283 g/mol. The van der Waals surface area contributed by atoms with Gasteiger partial charge in [0.25, 0.3) is 0 Å².